The number of carbonyl (C=O) groups is 2. The summed E-state index contributed by atoms with van der Waals surface area (Å²) < 4.78 is 5.55. The summed E-state index contributed by atoms with van der Waals surface area (Å²) >= 11 is 0. The minimum Gasteiger partial charge on any atom is -0.443 e. The molecule has 2 saturated heterocycles. The topological polar surface area (TPSA) is 74.0 Å². The Kier molecular flexibility index (Phi) is 5.34. The first-order chi connectivity index (χ1) is 12.7. The third-order valence-electron chi connectivity index (χ3n) is 5.55. The largest absolute Gasteiger partial charge is 0.443 e. The van der Waals surface area contributed by atoms with Crippen molar-refractivity contribution < 1.29 is 19.1 Å². The highest BCUT2D eigenvalue weighted by atomic mass is 16.4. The normalized spacial score (nSPS) is 19.8. The number of nitrogens with zero attached hydrogens (tertiary/aromatic N) is 2. The van der Waals surface area contributed by atoms with E-state index < -0.39 is 5.60 Å². The minimum absolute atomic E-state index is 0.125. The number of piperidine rings is 2. The molecule has 1 N–H and O–H groups in total. The van der Waals surface area contributed by atoms with E-state index in [1.807, 2.05) is 16.7 Å². The second-order valence-corrected chi connectivity index (χ2v) is 8.17. The highest BCUT2D eigenvalue weighted by Gasteiger charge is 2.41. The molecule has 146 valence electrons. The third-order valence-corrected chi connectivity index (χ3v) is 5.55. The van der Waals surface area contributed by atoms with Gasteiger partial charge in [0.25, 0.3) is 5.91 Å². The molecule has 0 atom stereocenters. The molecule has 0 radical (unpaired) electrons. The molecule has 1 aromatic rings. The molecule has 2 fully saturated rings. The third kappa shape index (κ3) is 4.54. The van der Waals surface area contributed by atoms with Crippen LogP contribution in [0.25, 0.3) is 0 Å². The van der Waals surface area contributed by atoms with Crippen LogP contribution in [-0.4, -0.2) is 58.5 Å². The zero-order valence-electron chi connectivity index (χ0n) is 16.4. The Hall–Kier alpha value is -2.26. The molecule has 1 aromatic heterocycles. The highest BCUT2D eigenvalue weighted by Crippen LogP contribution is 2.40. The molecule has 0 bridgehead atoms. The molecule has 2 amide bonds. The van der Waals surface area contributed by atoms with Gasteiger partial charge < -0.3 is 19.3 Å². The molecule has 2 aliphatic heterocycles. The molecule has 0 aromatic carbocycles. The SMILES string of the molecule is CCN1CC2(CCC1=O)CCN(C(=O)c1ccc(C#CC(C)(C)O)o1)CC2. The molecular weight excluding hydrogens is 344 g/mol. The number of amides is 2. The quantitative estimate of drug-likeness (QED) is 0.808. The van der Waals surface area contributed by atoms with Gasteiger partial charge in [-0.1, -0.05) is 5.92 Å². The summed E-state index contributed by atoms with van der Waals surface area (Å²) in [5.41, 5.74) is -0.959. The number of likely N-dealkylation sites (tertiary alicyclic amines) is 2. The van der Waals surface area contributed by atoms with Crippen LogP contribution < -0.4 is 0 Å². The zero-order chi connectivity index (χ0) is 19.7. The van der Waals surface area contributed by atoms with Crippen molar-refractivity contribution in [2.24, 2.45) is 5.41 Å². The number of carbonyl (C=O) groups excluding carboxylic acids is 2. The second kappa shape index (κ2) is 7.40. The van der Waals surface area contributed by atoms with Crippen LogP contribution in [0, 0.1) is 17.3 Å². The summed E-state index contributed by atoms with van der Waals surface area (Å²) in [6, 6.07) is 3.29. The summed E-state index contributed by atoms with van der Waals surface area (Å²) in [5.74, 6) is 6.20. The fourth-order valence-corrected chi connectivity index (χ4v) is 3.87. The molecule has 2 aliphatic rings. The van der Waals surface area contributed by atoms with Crippen molar-refractivity contribution in [3.8, 4) is 11.8 Å². The van der Waals surface area contributed by atoms with Crippen molar-refractivity contribution >= 4 is 11.8 Å². The fourth-order valence-electron chi connectivity index (χ4n) is 3.87. The molecule has 1 spiro atoms. The smallest absolute Gasteiger partial charge is 0.289 e. The Morgan fingerprint density at radius 2 is 2.00 bits per heavy atom. The van der Waals surface area contributed by atoms with Crippen LogP contribution in [0.15, 0.2) is 16.5 Å². The van der Waals surface area contributed by atoms with Gasteiger partial charge in [-0.25, -0.2) is 0 Å². The first kappa shape index (κ1) is 19.5. The van der Waals surface area contributed by atoms with E-state index in [-0.39, 0.29) is 23.0 Å². The average molecular weight is 372 g/mol. The summed E-state index contributed by atoms with van der Waals surface area (Å²) in [6.07, 6.45) is 3.36. The van der Waals surface area contributed by atoms with E-state index >= 15 is 0 Å². The van der Waals surface area contributed by atoms with Crippen molar-refractivity contribution in [3.63, 3.8) is 0 Å². The molecule has 0 saturated carbocycles. The standard InChI is InChI=1S/C21H28N2O4/c1-4-22-15-21(10-8-18(22)24)11-13-23(14-12-21)19(25)17-6-5-16(27-17)7-9-20(2,3)26/h5-6,26H,4,8,10-15H2,1-3H3. The van der Waals surface area contributed by atoms with Crippen molar-refractivity contribution in [2.45, 2.75) is 52.1 Å². The number of rotatable bonds is 2. The number of hydrogen-bond donors (Lipinski definition) is 1. The Labute approximate surface area is 160 Å². The molecular formula is C21H28N2O4. The second-order valence-electron chi connectivity index (χ2n) is 8.17. The summed E-state index contributed by atoms with van der Waals surface area (Å²) in [5, 5.41) is 9.66. The van der Waals surface area contributed by atoms with E-state index in [0.29, 0.717) is 25.3 Å². The summed E-state index contributed by atoms with van der Waals surface area (Å²) in [4.78, 5) is 28.4. The monoisotopic (exact) mass is 372 g/mol. The minimum atomic E-state index is -1.11. The van der Waals surface area contributed by atoms with Gasteiger partial charge in [0.15, 0.2) is 11.5 Å². The molecule has 3 rings (SSSR count). The molecule has 27 heavy (non-hydrogen) atoms. The summed E-state index contributed by atoms with van der Waals surface area (Å²) in [6.45, 7) is 8.12. The van der Waals surface area contributed by atoms with Gasteiger partial charge in [0.1, 0.15) is 5.60 Å². The molecule has 0 unspecified atom stereocenters. The van der Waals surface area contributed by atoms with Crippen LogP contribution in [0.5, 0.6) is 0 Å². The fraction of sp³-hybridized carbons (Fsp3) is 0.619. The van der Waals surface area contributed by atoms with Crippen molar-refractivity contribution in [2.75, 3.05) is 26.2 Å². The lowest BCUT2D eigenvalue weighted by Gasteiger charge is -2.47. The van der Waals surface area contributed by atoms with Crippen molar-refractivity contribution in [1.82, 2.24) is 9.80 Å². The lowest BCUT2D eigenvalue weighted by Crippen LogP contribution is -2.52. The van der Waals surface area contributed by atoms with Crippen LogP contribution in [-0.2, 0) is 4.79 Å². The Morgan fingerprint density at radius 1 is 1.30 bits per heavy atom. The Morgan fingerprint density at radius 3 is 2.63 bits per heavy atom. The van der Waals surface area contributed by atoms with Gasteiger partial charge in [-0.2, -0.15) is 0 Å². The predicted molar refractivity (Wildman–Crippen MR) is 101 cm³/mol. The summed E-state index contributed by atoms with van der Waals surface area (Å²) in [7, 11) is 0. The van der Waals surface area contributed by atoms with Crippen molar-refractivity contribution in [1.29, 1.82) is 0 Å². The Bertz CT molecular complexity index is 770. The zero-order valence-corrected chi connectivity index (χ0v) is 16.4. The van der Waals surface area contributed by atoms with E-state index in [0.717, 1.165) is 32.4 Å². The molecule has 0 aliphatic carbocycles. The molecule has 6 heteroatoms. The van der Waals surface area contributed by atoms with Crippen LogP contribution >= 0.6 is 0 Å². The van der Waals surface area contributed by atoms with Gasteiger partial charge in [-0.05, 0) is 63.5 Å². The van der Waals surface area contributed by atoms with Crippen LogP contribution in [0.4, 0.5) is 0 Å². The maximum Gasteiger partial charge on any atom is 0.289 e. The number of furan rings is 1. The van der Waals surface area contributed by atoms with E-state index in [1.165, 1.54) is 0 Å². The predicted octanol–water partition coefficient (Wildman–Crippen LogP) is 2.27. The molecule has 6 nitrogen and oxygen atoms in total. The van der Waals surface area contributed by atoms with E-state index in [9.17, 15) is 14.7 Å². The molecule has 3 heterocycles. The van der Waals surface area contributed by atoms with Gasteiger partial charge in [0.2, 0.25) is 5.91 Å². The van der Waals surface area contributed by atoms with Gasteiger partial charge in [-0.3, -0.25) is 9.59 Å². The van der Waals surface area contributed by atoms with Gasteiger partial charge in [0, 0.05) is 32.6 Å². The number of hydrogen-bond acceptors (Lipinski definition) is 4. The highest BCUT2D eigenvalue weighted by molar-refractivity contribution is 5.91. The average Bonchev–Trinajstić information content (AvgIpc) is 3.11. The van der Waals surface area contributed by atoms with Crippen LogP contribution in [0.2, 0.25) is 0 Å². The van der Waals surface area contributed by atoms with Gasteiger partial charge in [0.05, 0.1) is 0 Å². The van der Waals surface area contributed by atoms with Gasteiger partial charge >= 0.3 is 0 Å². The van der Waals surface area contributed by atoms with Gasteiger partial charge in [-0.15, -0.1) is 0 Å². The van der Waals surface area contributed by atoms with E-state index in [2.05, 4.69) is 11.8 Å². The Balaban J connectivity index is 1.61. The van der Waals surface area contributed by atoms with Crippen molar-refractivity contribution in [3.05, 3.63) is 23.7 Å². The van der Waals surface area contributed by atoms with E-state index in [4.69, 9.17) is 4.42 Å². The lowest BCUT2D eigenvalue weighted by atomic mass is 9.72. The number of aliphatic hydroxyl groups is 1. The first-order valence-corrected chi connectivity index (χ1v) is 9.64. The maximum atomic E-state index is 12.7. The maximum absolute atomic E-state index is 12.7. The van der Waals surface area contributed by atoms with Crippen LogP contribution in [0.3, 0.4) is 0 Å². The van der Waals surface area contributed by atoms with Crippen LogP contribution in [0.1, 0.15) is 62.8 Å². The lowest BCUT2D eigenvalue weighted by molar-refractivity contribution is -0.138. The van der Waals surface area contributed by atoms with E-state index in [1.54, 1.807) is 26.0 Å². The first-order valence-electron chi connectivity index (χ1n) is 9.64.